The Kier molecular flexibility index (Phi) is 22.6. The molecule has 464 valence electrons. The summed E-state index contributed by atoms with van der Waals surface area (Å²) in [6, 6.07) is 2.52. The molecule has 6 heterocycles. The Bertz CT molecular complexity index is 3020. The predicted octanol–water partition coefficient (Wildman–Crippen LogP) is 12.2. The number of nitrogens with zero attached hydrogens (tertiary/aromatic N) is 8. The summed E-state index contributed by atoms with van der Waals surface area (Å²) >= 11 is 16.2. The van der Waals surface area contributed by atoms with Gasteiger partial charge in [0.05, 0.1) is 38.0 Å². The van der Waals surface area contributed by atoms with Crippen molar-refractivity contribution in [1.29, 1.82) is 0 Å². The molecule has 2 saturated heterocycles. The molecule has 3 N–H and O–H groups in total. The van der Waals surface area contributed by atoms with Gasteiger partial charge in [0.25, 0.3) is 11.1 Å². The highest BCUT2D eigenvalue weighted by Gasteiger charge is 2.65. The number of rotatable bonds is 15. The molecule has 83 heavy (non-hydrogen) atoms. The summed E-state index contributed by atoms with van der Waals surface area (Å²) in [7, 11) is -9.83. The molecule has 2 aliphatic rings. The molecule has 0 spiro atoms. The summed E-state index contributed by atoms with van der Waals surface area (Å²) in [5, 5.41) is 1.22. The van der Waals surface area contributed by atoms with Crippen molar-refractivity contribution in [1.82, 2.24) is 39.0 Å². The van der Waals surface area contributed by atoms with E-state index in [4.69, 9.17) is 67.7 Å². The van der Waals surface area contributed by atoms with Crippen molar-refractivity contribution in [2.75, 3.05) is 24.3 Å². The van der Waals surface area contributed by atoms with Crippen LogP contribution in [-0.4, -0.2) is 133 Å². The minimum atomic E-state index is -3.59. The Morgan fingerprint density at radius 3 is 1.29 bits per heavy atom. The normalized spacial score (nSPS) is 21.3. The van der Waals surface area contributed by atoms with Crippen LogP contribution < -0.4 is 22.4 Å². The molecule has 2 fully saturated rings. The molecular weight excluding hydrogens is 1220 g/mol. The lowest BCUT2D eigenvalue weighted by Crippen LogP contribution is -2.53. The van der Waals surface area contributed by atoms with Crippen LogP contribution in [0.1, 0.15) is 117 Å². The molecule has 4 aromatic rings. The van der Waals surface area contributed by atoms with E-state index in [1.807, 2.05) is 80.8 Å². The highest BCUT2D eigenvalue weighted by Crippen LogP contribution is 2.51. The van der Waals surface area contributed by atoms with Gasteiger partial charge in [-0.15, -0.1) is 0 Å². The summed E-state index contributed by atoms with van der Waals surface area (Å²) in [5.74, 6) is -7.96. The number of ether oxygens (including phenoxy) is 2. The van der Waals surface area contributed by atoms with E-state index in [9.17, 15) is 19.2 Å². The maximum absolute atomic E-state index is 16.2. The molecule has 31 heteroatoms. The van der Waals surface area contributed by atoms with Gasteiger partial charge in [-0.05, 0) is 96.3 Å². The molecule has 2 aliphatic heterocycles. The third kappa shape index (κ3) is 17.6. The molecule has 0 bridgehead atoms. The Labute approximate surface area is 502 Å². The van der Waals surface area contributed by atoms with E-state index in [-0.39, 0.29) is 66.7 Å². The topological polar surface area (TPSA) is 249 Å². The second kappa shape index (κ2) is 26.2. The van der Waals surface area contributed by atoms with Gasteiger partial charge in [-0.2, -0.15) is 27.5 Å². The Balaban J connectivity index is 0.000000311. The number of hydrogen-bond donors (Lipinski definition) is 2. The zero-order chi connectivity index (χ0) is 63.7. The van der Waals surface area contributed by atoms with Crippen molar-refractivity contribution < 1.29 is 54.3 Å². The van der Waals surface area contributed by atoms with E-state index in [1.54, 1.807) is 0 Å². The van der Waals surface area contributed by atoms with Crippen LogP contribution in [0.3, 0.4) is 0 Å². The quantitative estimate of drug-likeness (QED) is 0.0638. The number of halogens is 7. The largest absolute Gasteiger partial charge is 0.414 e. The third-order valence-corrected chi connectivity index (χ3v) is 34.6. The zero-order valence-corrected chi connectivity index (χ0v) is 57.1. The number of carbonyl (C=O) groups excluding carboxylic acids is 2. The van der Waals surface area contributed by atoms with E-state index in [1.165, 1.54) is 36.9 Å². The predicted molar refractivity (Wildman–Crippen MR) is 322 cm³/mol. The van der Waals surface area contributed by atoms with Crippen molar-refractivity contribution in [3.05, 3.63) is 92.0 Å². The standard InChI is InChI=1S/C26H40ClF2N5O5Si2.C21H39F2N3O4Si2.C5H2Cl2N2O/c1-24(2,3)40(7,8)37-15-17-20(39-41(9,10)25(4,5)6)26(28,29)22(38-17)34-12-11-19(33-23(34)36)32-21(35)16-13-31-18(27)14-30-16;1-19(2,3)31(7,8)28-13-14-16(30-32(9,10)20(4,5)6)21(22,23)17(29-14)26-12-11-15(24)25-18(26)27;6-4-2-8-3(1-9-4)5(7)10/h11-14,17,20,22H,15H2,1-10H3,(H,32,33,35,36);11-12,14,16-17H,13H2,1-10H3,(H2,24,25,27);1-2H/t17-,20-,22-;14-,16-,17-;/m11./s1. The molecule has 0 radical (unpaired) electrons. The summed E-state index contributed by atoms with van der Waals surface area (Å²) in [6.45, 7) is 39.9. The highest BCUT2D eigenvalue weighted by atomic mass is 35.5. The summed E-state index contributed by atoms with van der Waals surface area (Å²) < 4.78 is 102. The number of nitrogens with one attached hydrogen (secondary N) is 1. The van der Waals surface area contributed by atoms with Crippen molar-refractivity contribution >= 4 is 90.9 Å². The maximum Gasteiger partial charge on any atom is 0.351 e. The molecule has 0 unspecified atom stereocenters. The number of carbonyl (C=O) groups is 2. The molecule has 0 aromatic carbocycles. The molecule has 20 nitrogen and oxygen atoms in total. The second-order valence-corrected chi connectivity index (χ2v) is 46.6. The summed E-state index contributed by atoms with van der Waals surface area (Å²) in [5.41, 5.74) is 3.63. The van der Waals surface area contributed by atoms with Crippen LogP contribution in [-0.2, 0) is 27.2 Å². The van der Waals surface area contributed by atoms with Gasteiger partial charge in [0.15, 0.2) is 33.3 Å². The molecule has 4 aromatic heterocycles. The van der Waals surface area contributed by atoms with Crippen molar-refractivity contribution in [3.8, 4) is 0 Å². The number of hydrogen-bond acceptors (Lipinski definition) is 17. The van der Waals surface area contributed by atoms with E-state index in [0.717, 1.165) is 17.0 Å². The van der Waals surface area contributed by atoms with E-state index in [2.05, 4.69) is 89.9 Å². The van der Waals surface area contributed by atoms with E-state index < -0.39 is 105 Å². The lowest BCUT2D eigenvalue weighted by atomic mass is 10.1. The lowest BCUT2D eigenvalue weighted by Gasteiger charge is -2.41. The minimum Gasteiger partial charge on any atom is -0.414 e. The third-order valence-electron chi connectivity index (χ3n) is 16.1. The van der Waals surface area contributed by atoms with Crippen LogP contribution in [0.25, 0.3) is 0 Å². The van der Waals surface area contributed by atoms with Gasteiger partial charge in [0.1, 0.15) is 57.7 Å². The van der Waals surface area contributed by atoms with Gasteiger partial charge in [0.2, 0.25) is 12.5 Å². The van der Waals surface area contributed by atoms with Crippen LogP contribution in [0.15, 0.2) is 58.9 Å². The maximum atomic E-state index is 16.2. The van der Waals surface area contributed by atoms with Crippen LogP contribution in [0.4, 0.5) is 29.2 Å². The van der Waals surface area contributed by atoms with Gasteiger partial charge in [-0.25, -0.2) is 29.5 Å². The summed E-state index contributed by atoms with van der Waals surface area (Å²) in [4.78, 5) is 70.3. The Morgan fingerprint density at radius 2 is 0.964 bits per heavy atom. The average Bonchev–Trinajstić information content (AvgIpc) is 3.94. The van der Waals surface area contributed by atoms with Crippen molar-refractivity contribution in [2.24, 2.45) is 0 Å². The number of nitrogens with two attached hydrogens (primary N) is 1. The fourth-order valence-corrected chi connectivity index (χ4v) is 11.7. The zero-order valence-electron chi connectivity index (χ0n) is 50.9. The van der Waals surface area contributed by atoms with Gasteiger partial charge in [-0.3, -0.25) is 18.7 Å². The van der Waals surface area contributed by atoms with Crippen LogP contribution >= 0.6 is 34.8 Å². The molecular formula is C52H81Cl3F4N10O10Si4. The van der Waals surface area contributed by atoms with Gasteiger partial charge < -0.3 is 38.2 Å². The van der Waals surface area contributed by atoms with Gasteiger partial charge in [0, 0.05) is 12.4 Å². The first-order valence-electron chi connectivity index (χ1n) is 26.6. The minimum absolute atomic E-state index is 0.0422. The highest BCUT2D eigenvalue weighted by molar-refractivity contribution is 6.75. The van der Waals surface area contributed by atoms with Crippen LogP contribution in [0.5, 0.6) is 0 Å². The molecule has 0 aliphatic carbocycles. The number of alkyl halides is 4. The van der Waals surface area contributed by atoms with Gasteiger partial charge in [-0.1, -0.05) is 106 Å². The first kappa shape index (κ1) is 71.6. The number of amides is 1. The first-order chi connectivity index (χ1) is 37.5. The monoisotopic (exact) mass is 1300 g/mol. The number of anilines is 2. The second-order valence-electron chi connectivity index (χ2n) is 26.4. The Hall–Kier alpha value is -3.92. The number of aromatic nitrogens is 8. The summed E-state index contributed by atoms with van der Waals surface area (Å²) in [6.07, 6.45) is -2.10. The molecule has 6 rings (SSSR count). The van der Waals surface area contributed by atoms with E-state index in [0.29, 0.717) is 4.57 Å². The van der Waals surface area contributed by atoms with E-state index >= 15 is 17.6 Å². The smallest absolute Gasteiger partial charge is 0.351 e. The Morgan fingerprint density at radius 1 is 0.602 bits per heavy atom. The number of nitrogen functional groups attached to an aromatic ring is 1. The lowest BCUT2D eigenvalue weighted by molar-refractivity contribution is -0.138. The van der Waals surface area contributed by atoms with Crippen molar-refractivity contribution in [3.63, 3.8) is 0 Å². The van der Waals surface area contributed by atoms with Gasteiger partial charge >= 0.3 is 23.2 Å². The molecule has 1 amide bonds. The molecule has 6 atom stereocenters. The van der Waals surface area contributed by atoms with Crippen LogP contribution in [0, 0.1) is 0 Å². The SMILES string of the molecule is CC(C)(C)[Si](C)(C)OC[C@H]1O[C@@H](n2ccc(N)nc2=O)C(F)(F)[C@@H]1O[Si](C)(C)C(C)(C)C.CC(C)(C)[Si](C)(C)OC[C@H]1O[C@@H](n2ccc(NC(=O)c3cnc(Cl)cn3)nc2=O)C(F)(F)[C@@H]1O[Si](C)(C)C(C)(C)C.O=C(Cl)c1cnc(Cl)cn1. The fraction of sp³-hybridized carbons (Fsp3) is 0.654. The average molecular weight is 1300 g/mol. The first-order valence-corrected chi connectivity index (χ1v) is 39.3. The molecule has 0 saturated carbocycles. The van der Waals surface area contributed by atoms with Crippen LogP contribution in [0.2, 0.25) is 82.8 Å². The fourth-order valence-electron chi connectivity index (χ4n) is 6.79. The van der Waals surface area contributed by atoms with Crippen molar-refractivity contribution in [2.45, 2.75) is 204 Å².